The van der Waals surface area contributed by atoms with E-state index in [0.717, 1.165) is 37.7 Å². The van der Waals surface area contributed by atoms with Gasteiger partial charge in [-0.15, -0.1) is 11.3 Å². The molecule has 1 aliphatic heterocycles. The molecule has 2 atom stereocenters. The Morgan fingerprint density at radius 1 is 1.50 bits per heavy atom. The molecule has 1 aliphatic rings. The Morgan fingerprint density at radius 3 is 3.00 bits per heavy atom. The SMILES string of the molecule is CCCNC(C)c1cnc(C2CN(C(C)C)CCO2)s1. The maximum atomic E-state index is 5.90. The third-order valence-electron chi connectivity index (χ3n) is 3.77. The Kier molecular flexibility index (Phi) is 5.96. The fraction of sp³-hybridized carbons (Fsp3) is 0.800. The van der Waals surface area contributed by atoms with Crippen LogP contribution >= 0.6 is 11.3 Å². The molecule has 2 rings (SSSR count). The highest BCUT2D eigenvalue weighted by Crippen LogP contribution is 2.29. The molecule has 0 aliphatic carbocycles. The van der Waals surface area contributed by atoms with Crippen LogP contribution in [-0.2, 0) is 4.74 Å². The van der Waals surface area contributed by atoms with Gasteiger partial charge in [-0.05, 0) is 33.7 Å². The van der Waals surface area contributed by atoms with Crippen LogP contribution in [0.2, 0.25) is 0 Å². The molecule has 114 valence electrons. The molecule has 1 aromatic rings. The van der Waals surface area contributed by atoms with Crippen molar-refractivity contribution in [1.29, 1.82) is 0 Å². The van der Waals surface area contributed by atoms with Crippen molar-refractivity contribution in [3.8, 4) is 0 Å². The number of hydrogen-bond acceptors (Lipinski definition) is 5. The lowest BCUT2D eigenvalue weighted by Gasteiger charge is -2.34. The molecule has 1 fully saturated rings. The molecule has 4 nitrogen and oxygen atoms in total. The van der Waals surface area contributed by atoms with E-state index in [2.05, 4.69) is 42.9 Å². The topological polar surface area (TPSA) is 37.4 Å². The zero-order valence-electron chi connectivity index (χ0n) is 13.1. The average molecular weight is 297 g/mol. The van der Waals surface area contributed by atoms with E-state index >= 15 is 0 Å². The number of hydrogen-bond donors (Lipinski definition) is 1. The van der Waals surface area contributed by atoms with Crippen LogP contribution < -0.4 is 5.32 Å². The largest absolute Gasteiger partial charge is 0.368 e. The number of nitrogens with one attached hydrogen (secondary N) is 1. The lowest BCUT2D eigenvalue weighted by molar-refractivity contribution is -0.0402. The first-order valence-electron chi connectivity index (χ1n) is 7.66. The number of nitrogens with zero attached hydrogens (tertiary/aromatic N) is 2. The van der Waals surface area contributed by atoms with Gasteiger partial charge in [0.25, 0.3) is 0 Å². The fourth-order valence-corrected chi connectivity index (χ4v) is 3.39. The van der Waals surface area contributed by atoms with Gasteiger partial charge in [0.2, 0.25) is 0 Å². The summed E-state index contributed by atoms with van der Waals surface area (Å²) in [6, 6.07) is 0.956. The summed E-state index contributed by atoms with van der Waals surface area (Å²) in [5.74, 6) is 0. The molecule has 0 bridgehead atoms. The molecule has 0 amide bonds. The van der Waals surface area contributed by atoms with E-state index in [9.17, 15) is 0 Å². The van der Waals surface area contributed by atoms with Gasteiger partial charge < -0.3 is 10.1 Å². The highest BCUT2D eigenvalue weighted by atomic mass is 32.1. The van der Waals surface area contributed by atoms with Crippen LogP contribution in [-0.4, -0.2) is 42.2 Å². The normalized spacial score (nSPS) is 22.4. The van der Waals surface area contributed by atoms with Crippen molar-refractivity contribution in [2.45, 2.75) is 52.3 Å². The highest BCUT2D eigenvalue weighted by Gasteiger charge is 2.26. The predicted molar refractivity (Wildman–Crippen MR) is 84.2 cm³/mol. The molecule has 5 heteroatoms. The van der Waals surface area contributed by atoms with Gasteiger partial charge in [-0.2, -0.15) is 0 Å². The minimum atomic E-state index is 0.142. The Balaban J connectivity index is 1.97. The van der Waals surface area contributed by atoms with Crippen LogP contribution in [0, 0.1) is 0 Å². The van der Waals surface area contributed by atoms with E-state index in [1.807, 2.05) is 6.20 Å². The lowest BCUT2D eigenvalue weighted by Crippen LogP contribution is -2.42. The van der Waals surface area contributed by atoms with Gasteiger partial charge in [-0.1, -0.05) is 6.92 Å². The van der Waals surface area contributed by atoms with Crippen molar-refractivity contribution in [3.63, 3.8) is 0 Å². The van der Waals surface area contributed by atoms with Gasteiger partial charge in [-0.3, -0.25) is 4.90 Å². The Hall–Kier alpha value is -0.490. The second-order valence-corrected chi connectivity index (χ2v) is 6.82. The smallest absolute Gasteiger partial charge is 0.123 e. The van der Waals surface area contributed by atoms with E-state index < -0.39 is 0 Å². The van der Waals surface area contributed by atoms with Crippen LogP contribution in [0.5, 0.6) is 0 Å². The molecular weight excluding hydrogens is 270 g/mol. The number of ether oxygens (including phenoxy) is 1. The maximum absolute atomic E-state index is 5.90. The minimum absolute atomic E-state index is 0.142. The minimum Gasteiger partial charge on any atom is -0.368 e. The van der Waals surface area contributed by atoms with Crippen LogP contribution in [0.25, 0.3) is 0 Å². The number of aromatic nitrogens is 1. The van der Waals surface area contributed by atoms with Crippen molar-refractivity contribution < 1.29 is 4.74 Å². The quantitative estimate of drug-likeness (QED) is 0.876. The summed E-state index contributed by atoms with van der Waals surface area (Å²) >= 11 is 1.79. The monoisotopic (exact) mass is 297 g/mol. The van der Waals surface area contributed by atoms with Gasteiger partial charge in [0.15, 0.2) is 0 Å². The molecule has 0 saturated carbocycles. The molecule has 2 heterocycles. The highest BCUT2D eigenvalue weighted by molar-refractivity contribution is 7.11. The molecule has 0 spiro atoms. The van der Waals surface area contributed by atoms with Gasteiger partial charge in [0, 0.05) is 36.2 Å². The molecule has 1 N–H and O–H groups in total. The maximum Gasteiger partial charge on any atom is 0.123 e. The summed E-state index contributed by atoms with van der Waals surface area (Å²) in [4.78, 5) is 8.36. The first-order chi connectivity index (χ1) is 9.61. The van der Waals surface area contributed by atoms with Crippen molar-refractivity contribution in [2.24, 2.45) is 0 Å². The third-order valence-corrected chi connectivity index (χ3v) is 5.04. The summed E-state index contributed by atoms with van der Waals surface area (Å²) in [7, 11) is 0. The lowest BCUT2D eigenvalue weighted by atomic mass is 10.2. The molecule has 2 unspecified atom stereocenters. The summed E-state index contributed by atoms with van der Waals surface area (Å²) < 4.78 is 5.90. The first-order valence-corrected chi connectivity index (χ1v) is 8.48. The summed E-state index contributed by atoms with van der Waals surface area (Å²) in [5, 5.41) is 4.63. The Bertz CT molecular complexity index is 408. The molecule has 0 aromatic carbocycles. The van der Waals surface area contributed by atoms with Crippen LogP contribution in [0.1, 0.15) is 56.1 Å². The van der Waals surface area contributed by atoms with Crippen LogP contribution in [0.3, 0.4) is 0 Å². The zero-order valence-corrected chi connectivity index (χ0v) is 13.9. The summed E-state index contributed by atoms with van der Waals surface area (Å²) in [6.07, 6.45) is 3.30. The van der Waals surface area contributed by atoms with Crippen LogP contribution in [0.4, 0.5) is 0 Å². The van der Waals surface area contributed by atoms with Gasteiger partial charge in [-0.25, -0.2) is 4.98 Å². The molecule has 20 heavy (non-hydrogen) atoms. The number of thiazole rings is 1. The first kappa shape index (κ1) is 15.9. The standard InChI is InChI=1S/C15H27N3OS/c1-5-6-16-12(4)14-9-17-15(20-14)13-10-18(11(2)3)7-8-19-13/h9,11-13,16H,5-8,10H2,1-4H3. The number of rotatable bonds is 6. The fourth-order valence-electron chi connectivity index (χ4n) is 2.40. The van der Waals surface area contributed by atoms with Crippen molar-refractivity contribution in [3.05, 3.63) is 16.1 Å². The van der Waals surface area contributed by atoms with E-state index in [1.54, 1.807) is 11.3 Å². The second kappa shape index (κ2) is 7.50. The predicted octanol–water partition coefficient (Wildman–Crippen LogP) is 2.99. The third kappa shape index (κ3) is 4.01. The van der Waals surface area contributed by atoms with Crippen molar-refractivity contribution in [1.82, 2.24) is 15.2 Å². The summed E-state index contributed by atoms with van der Waals surface area (Å²) in [6.45, 7) is 12.7. The molecule has 1 saturated heterocycles. The zero-order chi connectivity index (χ0) is 14.5. The Morgan fingerprint density at radius 2 is 2.30 bits per heavy atom. The van der Waals surface area contributed by atoms with Crippen LogP contribution in [0.15, 0.2) is 6.20 Å². The van der Waals surface area contributed by atoms with E-state index in [-0.39, 0.29) is 6.10 Å². The van der Waals surface area contributed by atoms with Crippen molar-refractivity contribution >= 4 is 11.3 Å². The number of morpholine rings is 1. The van der Waals surface area contributed by atoms with Gasteiger partial charge in [0.05, 0.1) is 6.61 Å². The molecule has 0 radical (unpaired) electrons. The van der Waals surface area contributed by atoms with Crippen molar-refractivity contribution in [2.75, 3.05) is 26.2 Å². The van der Waals surface area contributed by atoms with Gasteiger partial charge >= 0.3 is 0 Å². The summed E-state index contributed by atoms with van der Waals surface area (Å²) in [5.41, 5.74) is 0. The van der Waals surface area contributed by atoms with E-state index in [1.165, 1.54) is 4.88 Å². The van der Waals surface area contributed by atoms with E-state index in [0.29, 0.717) is 12.1 Å². The second-order valence-electron chi connectivity index (χ2n) is 5.72. The average Bonchev–Trinajstić information content (AvgIpc) is 2.94. The van der Waals surface area contributed by atoms with Gasteiger partial charge in [0.1, 0.15) is 11.1 Å². The molecule has 1 aromatic heterocycles. The molecular formula is C15H27N3OS. The van der Waals surface area contributed by atoms with E-state index in [4.69, 9.17) is 4.74 Å². The Labute approximate surface area is 126 Å².